The Morgan fingerprint density at radius 3 is 2.89 bits per heavy atom. The quantitative estimate of drug-likeness (QED) is 0.610. The number of rotatable bonds is 2. The van der Waals surface area contributed by atoms with Gasteiger partial charge in [-0.15, -0.1) is 0 Å². The number of aromatic nitrogens is 2. The van der Waals surface area contributed by atoms with Gasteiger partial charge in [-0.3, -0.25) is 4.57 Å². The Morgan fingerprint density at radius 2 is 2.33 bits per heavy atom. The number of halogens is 1. The molecule has 4 atom stereocenters. The zero-order chi connectivity index (χ0) is 13.4. The minimum absolute atomic E-state index is 0.0687. The molecule has 0 aliphatic carbocycles. The predicted molar refractivity (Wildman–Crippen MR) is 59.5 cm³/mol. The lowest BCUT2D eigenvalue weighted by Crippen LogP contribution is -2.34. The molecule has 1 fully saturated rings. The van der Waals surface area contributed by atoms with Gasteiger partial charge in [0.25, 0.3) is 0 Å². The van der Waals surface area contributed by atoms with Crippen LogP contribution in [0.25, 0.3) is 0 Å². The number of ether oxygens (including phenoxy) is 1. The first-order chi connectivity index (χ1) is 8.45. The molecule has 18 heavy (non-hydrogen) atoms. The zero-order valence-corrected chi connectivity index (χ0v) is 9.65. The Labute approximate surface area is 102 Å². The number of aryl methyl sites for hydroxylation is 1. The second kappa shape index (κ2) is 4.63. The maximum absolute atomic E-state index is 13.5. The van der Waals surface area contributed by atoms with Crippen LogP contribution in [0.3, 0.4) is 0 Å². The van der Waals surface area contributed by atoms with Gasteiger partial charge in [0.2, 0.25) is 0 Å². The van der Waals surface area contributed by atoms with Crippen molar-refractivity contribution in [2.75, 3.05) is 12.3 Å². The molecule has 0 aromatic carbocycles. The maximum Gasteiger partial charge on any atom is 0.351 e. The first kappa shape index (κ1) is 12.9. The van der Waals surface area contributed by atoms with E-state index in [0.29, 0.717) is 5.56 Å². The first-order valence-electron chi connectivity index (χ1n) is 5.39. The highest BCUT2D eigenvalue weighted by molar-refractivity contribution is 5.35. The first-order valence-corrected chi connectivity index (χ1v) is 5.39. The minimum Gasteiger partial charge on any atom is -0.394 e. The van der Waals surface area contributed by atoms with Crippen molar-refractivity contribution in [2.45, 2.75) is 31.5 Å². The third kappa shape index (κ3) is 1.98. The normalized spacial score (nSPS) is 31.8. The minimum atomic E-state index is -1.76. The largest absolute Gasteiger partial charge is 0.394 e. The molecule has 1 aromatic rings. The Hall–Kier alpha value is -1.51. The number of aliphatic hydroxyl groups is 2. The molecule has 0 radical (unpaired) electrons. The van der Waals surface area contributed by atoms with Gasteiger partial charge in [0, 0.05) is 11.8 Å². The molecular formula is C10H14FN3O4. The van der Waals surface area contributed by atoms with Gasteiger partial charge in [0.1, 0.15) is 18.0 Å². The molecule has 0 saturated carbocycles. The second-order valence-electron chi connectivity index (χ2n) is 4.18. The predicted octanol–water partition coefficient (Wildman–Crippen LogP) is -1.28. The molecule has 2 heterocycles. The number of alkyl halides is 1. The number of nitrogens with zero attached hydrogens (tertiary/aromatic N) is 2. The van der Waals surface area contributed by atoms with Gasteiger partial charge in [-0.25, -0.2) is 9.18 Å². The number of anilines is 1. The summed E-state index contributed by atoms with van der Waals surface area (Å²) < 4.78 is 19.6. The molecule has 2 rings (SSSR count). The smallest absolute Gasteiger partial charge is 0.351 e. The van der Waals surface area contributed by atoms with Crippen molar-refractivity contribution in [1.82, 2.24) is 9.55 Å². The van der Waals surface area contributed by atoms with Crippen LogP contribution in [-0.2, 0) is 4.74 Å². The van der Waals surface area contributed by atoms with Crippen LogP contribution >= 0.6 is 0 Å². The molecule has 4 N–H and O–H groups in total. The second-order valence-corrected chi connectivity index (χ2v) is 4.18. The van der Waals surface area contributed by atoms with Gasteiger partial charge in [0.05, 0.1) is 6.61 Å². The van der Waals surface area contributed by atoms with Crippen LogP contribution in [0.1, 0.15) is 11.8 Å². The highest BCUT2D eigenvalue weighted by Gasteiger charge is 2.45. The van der Waals surface area contributed by atoms with E-state index in [2.05, 4.69) is 4.98 Å². The van der Waals surface area contributed by atoms with Crippen LogP contribution < -0.4 is 11.4 Å². The number of aliphatic hydroxyl groups excluding tert-OH is 2. The Kier molecular flexibility index (Phi) is 3.33. The molecule has 1 aromatic heterocycles. The van der Waals surface area contributed by atoms with Crippen molar-refractivity contribution in [3.8, 4) is 0 Å². The van der Waals surface area contributed by atoms with E-state index in [4.69, 9.17) is 15.6 Å². The summed E-state index contributed by atoms with van der Waals surface area (Å²) in [6.45, 7) is 1.04. The summed E-state index contributed by atoms with van der Waals surface area (Å²) >= 11 is 0. The van der Waals surface area contributed by atoms with E-state index >= 15 is 0 Å². The van der Waals surface area contributed by atoms with Crippen molar-refractivity contribution >= 4 is 5.82 Å². The SMILES string of the molecule is Cc1cn([C@@H]2O[C@H](CO)[C@H](F)[C@H]2O)c(=O)nc1N. The van der Waals surface area contributed by atoms with E-state index in [0.717, 1.165) is 4.57 Å². The van der Waals surface area contributed by atoms with Crippen LogP contribution in [0, 0.1) is 6.92 Å². The van der Waals surface area contributed by atoms with Gasteiger partial charge in [0.15, 0.2) is 12.4 Å². The Morgan fingerprint density at radius 1 is 1.67 bits per heavy atom. The number of nitrogens with two attached hydrogens (primary N) is 1. The summed E-state index contributed by atoms with van der Waals surface area (Å²) in [7, 11) is 0. The summed E-state index contributed by atoms with van der Waals surface area (Å²) in [6.07, 6.45) is -4.33. The van der Waals surface area contributed by atoms with Crippen LogP contribution in [0.15, 0.2) is 11.0 Å². The van der Waals surface area contributed by atoms with E-state index in [1.165, 1.54) is 6.20 Å². The van der Waals surface area contributed by atoms with Crippen molar-refractivity contribution in [3.05, 3.63) is 22.2 Å². The molecule has 1 aliphatic heterocycles. The van der Waals surface area contributed by atoms with Crippen LogP contribution in [-0.4, -0.2) is 44.8 Å². The fraction of sp³-hybridized carbons (Fsp3) is 0.600. The monoisotopic (exact) mass is 259 g/mol. The third-order valence-corrected chi connectivity index (χ3v) is 2.92. The third-order valence-electron chi connectivity index (χ3n) is 2.92. The standard InChI is InChI=1S/C10H14FN3O4/c1-4-2-14(10(17)13-8(4)12)9-7(16)6(11)5(3-15)18-9/h2,5-7,9,15-16H,3H2,1H3,(H2,12,13,17)/t5-,6+,7-,9-/m1/s1. The fourth-order valence-corrected chi connectivity index (χ4v) is 1.85. The van der Waals surface area contributed by atoms with Gasteiger partial charge < -0.3 is 20.7 Å². The van der Waals surface area contributed by atoms with E-state index in [1.807, 2.05) is 0 Å². The summed E-state index contributed by atoms with van der Waals surface area (Å²) in [5.74, 6) is 0.0687. The summed E-state index contributed by atoms with van der Waals surface area (Å²) in [4.78, 5) is 15.2. The van der Waals surface area contributed by atoms with Gasteiger partial charge in [-0.2, -0.15) is 4.98 Å². The van der Waals surface area contributed by atoms with Crippen LogP contribution in [0.5, 0.6) is 0 Å². The summed E-state index contributed by atoms with van der Waals surface area (Å²) in [5.41, 5.74) is 5.23. The van der Waals surface area contributed by atoms with E-state index in [1.54, 1.807) is 6.92 Å². The van der Waals surface area contributed by atoms with Gasteiger partial charge in [-0.05, 0) is 6.92 Å². The molecule has 1 aliphatic rings. The van der Waals surface area contributed by atoms with Crippen LogP contribution in [0.4, 0.5) is 10.2 Å². The molecule has 7 nitrogen and oxygen atoms in total. The van der Waals surface area contributed by atoms with Crippen molar-refractivity contribution in [1.29, 1.82) is 0 Å². The van der Waals surface area contributed by atoms with Crippen molar-refractivity contribution < 1.29 is 19.3 Å². The Balaban J connectivity index is 2.39. The fourth-order valence-electron chi connectivity index (χ4n) is 1.85. The topological polar surface area (TPSA) is 111 Å². The number of hydrogen-bond acceptors (Lipinski definition) is 6. The van der Waals surface area contributed by atoms with E-state index < -0.39 is 36.9 Å². The highest BCUT2D eigenvalue weighted by atomic mass is 19.1. The average Bonchev–Trinajstić information content (AvgIpc) is 2.61. The molecule has 8 heteroatoms. The van der Waals surface area contributed by atoms with Crippen molar-refractivity contribution in [2.24, 2.45) is 0 Å². The van der Waals surface area contributed by atoms with Gasteiger partial charge >= 0.3 is 5.69 Å². The lowest BCUT2D eigenvalue weighted by Gasteiger charge is -2.17. The van der Waals surface area contributed by atoms with Gasteiger partial charge in [-0.1, -0.05) is 0 Å². The summed E-state index contributed by atoms with van der Waals surface area (Å²) in [5, 5.41) is 18.6. The average molecular weight is 259 g/mol. The molecular weight excluding hydrogens is 245 g/mol. The number of hydrogen-bond donors (Lipinski definition) is 3. The van der Waals surface area contributed by atoms with E-state index in [9.17, 15) is 14.3 Å². The lowest BCUT2D eigenvalue weighted by molar-refractivity contribution is -0.0537. The van der Waals surface area contributed by atoms with Crippen LogP contribution in [0.2, 0.25) is 0 Å². The highest BCUT2D eigenvalue weighted by Crippen LogP contribution is 2.30. The summed E-state index contributed by atoms with van der Waals surface area (Å²) in [6, 6.07) is 0. The number of nitrogen functional groups attached to an aromatic ring is 1. The van der Waals surface area contributed by atoms with E-state index in [-0.39, 0.29) is 5.82 Å². The lowest BCUT2D eigenvalue weighted by atomic mass is 10.1. The molecule has 0 bridgehead atoms. The molecule has 100 valence electrons. The zero-order valence-electron chi connectivity index (χ0n) is 9.65. The Bertz CT molecular complexity index is 506. The molecule has 1 saturated heterocycles. The molecule has 0 spiro atoms. The van der Waals surface area contributed by atoms with Crippen molar-refractivity contribution in [3.63, 3.8) is 0 Å². The molecule has 0 unspecified atom stereocenters. The maximum atomic E-state index is 13.5. The molecule has 0 amide bonds.